The van der Waals surface area contributed by atoms with Crippen molar-refractivity contribution in [3.63, 3.8) is 0 Å². The third-order valence-corrected chi connectivity index (χ3v) is 3.74. The Morgan fingerprint density at radius 3 is 2.65 bits per heavy atom. The van der Waals surface area contributed by atoms with Gasteiger partial charge in [0, 0.05) is 13.2 Å². The SMILES string of the molecule is COc1ccccc1CC1(CN)CCOCC1. The van der Waals surface area contributed by atoms with Crippen LogP contribution in [0, 0.1) is 5.41 Å². The van der Waals surface area contributed by atoms with Gasteiger partial charge < -0.3 is 15.2 Å². The van der Waals surface area contributed by atoms with Crippen molar-refractivity contribution in [2.75, 3.05) is 26.9 Å². The average Bonchev–Trinajstić information content (AvgIpc) is 2.40. The first-order valence-electron chi connectivity index (χ1n) is 6.19. The van der Waals surface area contributed by atoms with Gasteiger partial charge in [0.2, 0.25) is 0 Å². The van der Waals surface area contributed by atoms with Gasteiger partial charge in [-0.1, -0.05) is 18.2 Å². The van der Waals surface area contributed by atoms with E-state index in [1.54, 1.807) is 7.11 Å². The second kappa shape index (κ2) is 5.52. The molecule has 0 aliphatic carbocycles. The van der Waals surface area contributed by atoms with Crippen LogP contribution in [-0.2, 0) is 11.2 Å². The van der Waals surface area contributed by atoms with E-state index in [9.17, 15) is 0 Å². The molecule has 3 heteroatoms. The van der Waals surface area contributed by atoms with Gasteiger partial charge in [-0.2, -0.15) is 0 Å². The molecule has 0 aromatic heterocycles. The fraction of sp³-hybridized carbons (Fsp3) is 0.571. The molecule has 1 saturated heterocycles. The fourth-order valence-corrected chi connectivity index (χ4v) is 2.51. The first-order valence-corrected chi connectivity index (χ1v) is 6.19. The second-order valence-corrected chi connectivity index (χ2v) is 4.81. The molecule has 1 aliphatic heterocycles. The molecule has 0 bridgehead atoms. The summed E-state index contributed by atoms with van der Waals surface area (Å²) in [5.41, 5.74) is 7.42. The van der Waals surface area contributed by atoms with Gasteiger partial charge in [0.25, 0.3) is 0 Å². The van der Waals surface area contributed by atoms with E-state index in [2.05, 4.69) is 12.1 Å². The molecule has 2 N–H and O–H groups in total. The Labute approximate surface area is 103 Å². The summed E-state index contributed by atoms with van der Waals surface area (Å²) in [6, 6.07) is 8.20. The molecular weight excluding hydrogens is 214 g/mol. The molecule has 0 atom stereocenters. The lowest BCUT2D eigenvalue weighted by Gasteiger charge is -2.36. The highest BCUT2D eigenvalue weighted by Gasteiger charge is 2.32. The van der Waals surface area contributed by atoms with Crippen molar-refractivity contribution < 1.29 is 9.47 Å². The van der Waals surface area contributed by atoms with Crippen molar-refractivity contribution in [2.24, 2.45) is 11.1 Å². The number of methoxy groups -OCH3 is 1. The van der Waals surface area contributed by atoms with E-state index in [-0.39, 0.29) is 5.41 Å². The van der Waals surface area contributed by atoms with Gasteiger partial charge in [-0.25, -0.2) is 0 Å². The van der Waals surface area contributed by atoms with Gasteiger partial charge in [-0.15, -0.1) is 0 Å². The van der Waals surface area contributed by atoms with E-state index in [1.807, 2.05) is 12.1 Å². The molecule has 17 heavy (non-hydrogen) atoms. The molecule has 1 aromatic rings. The Bertz CT molecular complexity index is 359. The lowest BCUT2D eigenvalue weighted by atomic mass is 9.75. The third-order valence-electron chi connectivity index (χ3n) is 3.74. The smallest absolute Gasteiger partial charge is 0.122 e. The zero-order valence-corrected chi connectivity index (χ0v) is 10.4. The van der Waals surface area contributed by atoms with Gasteiger partial charge in [-0.05, 0) is 42.9 Å². The van der Waals surface area contributed by atoms with E-state index >= 15 is 0 Å². The Balaban J connectivity index is 2.17. The van der Waals surface area contributed by atoms with Crippen LogP contribution in [0.5, 0.6) is 5.75 Å². The summed E-state index contributed by atoms with van der Waals surface area (Å²) >= 11 is 0. The molecule has 0 saturated carbocycles. The number of nitrogens with two attached hydrogens (primary N) is 1. The third kappa shape index (κ3) is 2.79. The molecule has 94 valence electrons. The molecule has 1 aliphatic rings. The molecule has 0 spiro atoms. The maximum atomic E-state index is 5.98. The predicted molar refractivity (Wildman–Crippen MR) is 68.2 cm³/mol. The molecule has 1 fully saturated rings. The summed E-state index contributed by atoms with van der Waals surface area (Å²) in [7, 11) is 1.72. The van der Waals surface area contributed by atoms with E-state index < -0.39 is 0 Å². The Morgan fingerprint density at radius 2 is 2.00 bits per heavy atom. The van der Waals surface area contributed by atoms with Crippen molar-refractivity contribution in [2.45, 2.75) is 19.3 Å². The first kappa shape index (κ1) is 12.4. The molecule has 2 rings (SSSR count). The van der Waals surface area contributed by atoms with Crippen molar-refractivity contribution in [1.82, 2.24) is 0 Å². The number of hydrogen-bond acceptors (Lipinski definition) is 3. The number of rotatable bonds is 4. The predicted octanol–water partition coefficient (Wildman–Crippen LogP) is 1.99. The fourth-order valence-electron chi connectivity index (χ4n) is 2.51. The largest absolute Gasteiger partial charge is 0.496 e. The molecule has 1 heterocycles. The highest BCUT2D eigenvalue weighted by molar-refractivity contribution is 5.34. The normalized spacial score (nSPS) is 18.9. The lowest BCUT2D eigenvalue weighted by molar-refractivity contribution is 0.0189. The van der Waals surface area contributed by atoms with Crippen LogP contribution in [0.3, 0.4) is 0 Å². The monoisotopic (exact) mass is 235 g/mol. The summed E-state index contributed by atoms with van der Waals surface area (Å²) < 4.78 is 10.8. The highest BCUT2D eigenvalue weighted by Crippen LogP contribution is 2.35. The van der Waals surface area contributed by atoms with Crippen LogP contribution in [0.2, 0.25) is 0 Å². The molecule has 0 unspecified atom stereocenters. The van der Waals surface area contributed by atoms with Crippen LogP contribution in [-0.4, -0.2) is 26.9 Å². The van der Waals surface area contributed by atoms with Gasteiger partial charge in [0.05, 0.1) is 7.11 Å². The topological polar surface area (TPSA) is 44.5 Å². The summed E-state index contributed by atoms with van der Waals surface area (Å²) in [5, 5.41) is 0. The molecule has 3 nitrogen and oxygen atoms in total. The van der Waals surface area contributed by atoms with E-state index in [1.165, 1.54) is 5.56 Å². The van der Waals surface area contributed by atoms with E-state index in [0.29, 0.717) is 6.54 Å². The highest BCUT2D eigenvalue weighted by atomic mass is 16.5. The Hall–Kier alpha value is -1.06. The van der Waals surface area contributed by atoms with Crippen LogP contribution in [0.25, 0.3) is 0 Å². The Morgan fingerprint density at radius 1 is 1.29 bits per heavy atom. The van der Waals surface area contributed by atoms with E-state index in [0.717, 1.165) is 38.2 Å². The van der Waals surface area contributed by atoms with Crippen molar-refractivity contribution in [1.29, 1.82) is 0 Å². The zero-order valence-electron chi connectivity index (χ0n) is 10.4. The van der Waals surface area contributed by atoms with Crippen molar-refractivity contribution >= 4 is 0 Å². The van der Waals surface area contributed by atoms with Crippen LogP contribution in [0.15, 0.2) is 24.3 Å². The molecular formula is C14H21NO2. The maximum Gasteiger partial charge on any atom is 0.122 e. The van der Waals surface area contributed by atoms with Gasteiger partial charge >= 0.3 is 0 Å². The number of ether oxygens (including phenoxy) is 2. The van der Waals surface area contributed by atoms with Crippen LogP contribution in [0.1, 0.15) is 18.4 Å². The quantitative estimate of drug-likeness (QED) is 0.868. The number of hydrogen-bond donors (Lipinski definition) is 1. The van der Waals surface area contributed by atoms with Crippen LogP contribution >= 0.6 is 0 Å². The Kier molecular flexibility index (Phi) is 4.02. The van der Waals surface area contributed by atoms with Crippen molar-refractivity contribution in [3.05, 3.63) is 29.8 Å². The van der Waals surface area contributed by atoms with Gasteiger partial charge in [0.1, 0.15) is 5.75 Å². The van der Waals surface area contributed by atoms with Crippen LogP contribution < -0.4 is 10.5 Å². The van der Waals surface area contributed by atoms with Crippen LogP contribution in [0.4, 0.5) is 0 Å². The minimum atomic E-state index is 0.187. The maximum absolute atomic E-state index is 5.98. The summed E-state index contributed by atoms with van der Waals surface area (Å²) in [6.07, 6.45) is 3.07. The second-order valence-electron chi connectivity index (χ2n) is 4.81. The number of benzene rings is 1. The van der Waals surface area contributed by atoms with Crippen molar-refractivity contribution in [3.8, 4) is 5.75 Å². The lowest BCUT2D eigenvalue weighted by Crippen LogP contribution is -2.38. The average molecular weight is 235 g/mol. The van der Waals surface area contributed by atoms with Gasteiger partial charge in [-0.3, -0.25) is 0 Å². The molecule has 1 aromatic carbocycles. The summed E-state index contributed by atoms with van der Waals surface area (Å²) in [4.78, 5) is 0. The minimum absolute atomic E-state index is 0.187. The molecule has 0 amide bonds. The standard InChI is InChI=1S/C14H21NO2/c1-16-13-5-3-2-4-12(13)10-14(11-15)6-8-17-9-7-14/h2-5H,6-11,15H2,1H3. The van der Waals surface area contributed by atoms with Gasteiger partial charge in [0.15, 0.2) is 0 Å². The summed E-state index contributed by atoms with van der Waals surface area (Å²) in [6.45, 7) is 2.37. The van der Waals surface area contributed by atoms with E-state index in [4.69, 9.17) is 15.2 Å². The minimum Gasteiger partial charge on any atom is -0.496 e. The molecule has 0 radical (unpaired) electrons. The summed E-state index contributed by atoms with van der Waals surface area (Å²) in [5.74, 6) is 0.965. The number of para-hydroxylation sites is 1. The first-order chi connectivity index (χ1) is 8.29. The zero-order chi connectivity index (χ0) is 12.1.